The summed E-state index contributed by atoms with van der Waals surface area (Å²) >= 11 is 5.75. The van der Waals surface area contributed by atoms with E-state index in [9.17, 15) is 8.42 Å². The number of hydrogen-bond acceptors (Lipinski definition) is 2. The zero-order valence-electron chi connectivity index (χ0n) is 9.40. The first-order valence-corrected chi connectivity index (χ1v) is 7.61. The van der Waals surface area contributed by atoms with Crippen LogP contribution in [0.3, 0.4) is 0 Å². The van der Waals surface area contributed by atoms with E-state index in [1.165, 1.54) is 5.56 Å². The molecule has 16 heavy (non-hydrogen) atoms. The molecule has 1 aromatic rings. The summed E-state index contributed by atoms with van der Waals surface area (Å²) in [6.07, 6.45) is 1.89. The van der Waals surface area contributed by atoms with E-state index in [0.717, 1.165) is 6.42 Å². The highest BCUT2D eigenvalue weighted by Crippen LogP contribution is 2.13. The SMILES string of the molecule is CCC(Cl)S(=O)(=O)CCCc1ccccc1. The van der Waals surface area contributed by atoms with E-state index in [0.29, 0.717) is 12.8 Å². The third-order valence-electron chi connectivity index (χ3n) is 2.45. The molecule has 0 aliphatic carbocycles. The van der Waals surface area contributed by atoms with Crippen LogP contribution in [0.15, 0.2) is 30.3 Å². The summed E-state index contributed by atoms with van der Waals surface area (Å²) < 4.78 is 22.5. The van der Waals surface area contributed by atoms with Gasteiger partial charge in [0.1, 0.15) is 4.71 Å². The summed E-state index contributed by atoms with van der Waals surface area (Å²) in [7, 11) is -3.12. The Morgan fingerprint density at radius 3 is 2.44 bits per heavy atom. The van der Waals surface area contributed by atoms with Crippen LogP contribution in [0.5, 0.6) is 0 Å². The van der Waals surface area contributed by atoms with Gasteiger partial charge in [0.15, 0.2) is 9.84 Å². The number of halogens is 1. The minimum atomic E-state index is -3.12. The van der Waals surface area contributed by atoms with Gasteiger partial charge in [-0.1, -0.05) is 37.3 Å². The lowest BCUT2D eigenvalue weighted by atomic mass is 10.1. The Morgan fingerprint density at radius 1 is 1.25 bits per heavy atom. The van der Waals surface area contributed by atoms with Crippen molar-refractivity contribution < 1.29 is 8.42 Å². The summed E-state index contributed by atoms with van der Waals surface area (Å²) in [5.41, 5.74) is 1.17. The second-order valence-corrected chi connectivity index (χ2v) is 6.86. The van der Waals surface area contributed by atoms with E-state index in [1.54, 1.807) is 6.92 Å². The number of rotatable bonds is 6. The molecule has 0 aliphatic heterocycles. The molecular formula is C12H17ClO2S. The quantitative estimate of drug-likeness (QED) is 0.737. The molecule has 0 N–H and O–H groups in total. The van der Waals surface area contributed by atoms with Gasteiger partial charge in [0.2, 0.25) is 0 Å². The number of benzene rings is 1. The van der Waals surface area contributed by atoms with Crippen LogP contribution in [0.4, 0.5) is 0 Å². The molecule has 0 saturated heterocycles. The number of aryl methyl sites for hydroxylation is 1. The van der Waals surface area contributed by atoms with Crippen molar-refractivity contribution in [3.63, 3.8) is 0 Å². The first kappa shape index (κ1) is 13.5. The van der Waals surface area contributed by atoms with Crippen LogP contribution in [0.1, 0.15) is 25.3 Å². The van der Waals surface area contributed by atoms with E-state index in [2.05, 4.69) is 0 Å². The molecule has 1 unspecified atom stereocenters. The molecule has 0 spiro atoms. The highest BCUT2D eigenvalue weighted by molar-refractivity contribution is 7.93. The van der Waals surface area contributed by atoms with Gasteiger partial charge in [-0.05, 0) is 24.8 Å². The van der Waals surface area contributed by atoms with Crippen LogP contribution in [-0.2, 0) is 16.3 Å². The molecule has 1 atom stereocenters. The van der Waals surface area contributed by atoms with Gasteiger partial charge in [-0.2, -0.15) is 0 Å². The molecular weight excluding hydrogens is 244 g/mol. The average molecular weight is 261 g/mol. The fourth-order valence-electron chi connectivity index (χ4n) is 1.50. The van der Waals surface area contributed by atoms with Crippen molar-refractivity contribution in [3.8, 4) is 0 Å². The molecule has 0 heterocycles. The van der Waals surface area contributed by atoms with Crippen molar-refractivity contribution in [1.29, 1.82) is 0 Å². The smallest absolute Gasteiger partial charge is 0.167 e. The Bertz CT molecular complexity index is 400. The highest BCUT2D eigenvalue weighted by atomic mass is 35.5. The maximum absolute atomic E-state index is 11.6. The van der Waals surface area contributed by atoms with Crippen molar-refractivity contribution in [2.75, 3.05) is 5.75 Å². The monoisotopic (exact) mass is 260 g/mol. The van der Waals surface area contributed by atoms with Gasteiger partial charge in [0, 0.05) is 0 Å². The second-order valence-electron chi connectivity index (χ2n) is 3.77. The summed E-state index contributed by atoms with van der Waals surface area (Å²) in [5.74, 6) is 0.171. The molecule has 4 heteroatoms. The summed E-state index contributed by atoms with van der Waals surface area (Å²) in [4.78, 5) is 0. The number of hydrogen-bond donors (Lipinski definition) is 0. The van der Waals surface area contributed by atoms with Crippen LogP contribution in [-0.4, -0.2) is 18.9 Å². The fourth-order valence-corrected chi connectivity index (χ4v) is 3.08. The van der Waals surface area contributed by atoms with Gasteiger partial charge in [0.25, 0.3) is 0 Å². The molecule has 0 bridgehead atoms. The van der Waals surface area contributed by atoms with Crippen molar-refractivity contribution >= 4 is 21.4 Å². The zero-order valence-corrected chi connectivity index (χ0v) is 11.0. The minimum absolute atomic E-state index is 0.171. The molecule has 0 fully saturated rings. The third-order valence-corrected chi connectivity index (χ3v) is 5.54. The molecule has 0 amide bonds. The van der Waals surface area contributed by atoms with Crippen molar-refractivity contribution in [2.24, 2.45) is 0 Å². The van der Waals surface area contributed by atoms with Gasteiger partial charge in [-0.3, -0.25) is 0 Å². The fraction of sp³-hybridized carbons (Fsp3) is 0.500. The Morgan fingerprint density at radius 2 is 1.88 bits per heavy atom. The summed E-state index contributed by atoms with van der Waals surface area (Å²) in [5, 5.41) is 0. The first-order valence-electron chi connectivity index (χ1n) is 5.46. The maximum Gasteiger partial charge on any atom is 0.167 e. The molecule has 0 aromatic heterocycles. The Hall–Kier alpha value is -0.540. The lowest BCUT2D eigenvalue weighted by Crippen LogP contribution is -2.18. The molecule has 0 radical (unpaired) electrons. The zero-order chi connectivity index (χ0) is 12.0. The van der Waals surface area contributed by atoms with Gasteiger partial charge in [0.05, 0.1) is 5.75 Å². The van der Waals surface area contributed by atoms with E-state index < -0.39 is 14.5 Å². The van der Waals surface area contributed by atoms with Crippen LogP contribution < -0.4 is 0 Å². The Labute approximate surface area is 103 Å². The Balaban J connectivity index is 2.42. The summed E-state index contributed by atoms with van der Waals surface area (Å²) in [6, 6.07) is 9.88. The minimum Gasteiger partial charge on any atom is -0.227 e. The topological polar surface area (TPSA) is 34.1 Å². The van der Waals surface area contributed by atoms with E-state index >= 15 is 0 Å². The van der Waals surface area contributed by atoms with Crippen LogP contribution in [0, 0.1) is 0 Å². The van der Waals surface area contributed by atoms with Crippen LogP contribution in [0.2, 0.25) is 0 Å². The lowest BCUT2D eigenvalue weighted by Gasteiger charge is -2.08. The molecule has 0 aliphatic rings. The first-order chi connectivity index (χ1) is 7.56. The van der Waals surface area contributed by atoms with Gasteiger partial charge < -0.3 is 0 Å². The van der Waals surface area contributed by atoms with E-state index in [4.69, 9.17) is 11.6 Å². The van der Waals surface area contributed by atoms with Crippen LogP contribution >= 0.6 is 11.6 Å². The van der Waals surface area contributed by atoms with Gasteiger partial charge >= 0.3 is 0 Å². The van der Waals surface area contributed by atoms with Crippen molar-refractivity contribution in [2.45, 2.75) is 30.9 Å². The number of sulfone groups is 1. The predicted molar refractivity (Wildman–Crippen MR) is 68.5 cm³/mol. The van der Waals surface area contributed by atoms with Gasteiger partial charge in [-0.15, -0.1) is 11.6 Å². The number of alkyl halides is 1. The van der Waals surface area contributed by atoms with Crippen molar-refractivity contribution in [1.82, 2.24) is 0 Å². The van der Waals surface area contributed by atoms with E-state index in [1.807, 2.05) is 30.3 Å². The maximum atomic E-state index is 11.6. The third kappa shape index (κ3) is 4.14. The van der Waals surface area contributed by atoms with E-state index in [-0.39, 0.29) is 5.75 Å². The standard InChI is InChI=1S/C12H17ClO2S/c1-2-12(13)16(14,15)10-6-9-11-7-4-3-5-8-11/h3-5,7-8,12H,2,6,9-10H2,1H3. The second kappa shape index (κ2) is 6.26. The van der Waals surface area contributed by atoms with Crippen molar-refractivity contribution in [3.05, 3.63) is 35.9 Å². The molecule has 2 nitrogen and oxygen atoms in total. The molecule has 0 saturated carbocycles. The molecule has 90 valence electrons. The normalized spacial score (nSPS) is 13.6. The predicted octanol–water partition coefficient (Wildman–Crippen LogP) is 3.01. The summed E-state index contributed by atoms with van der Waals surface area (Å²) in [6.45, 7) is 1.78. The van der Waals surface area contributed by atoms with Gasteiger partial charge in [-0.25, -0.2) is 8.42 Å². The largest absolute Gasteiger partial charge is 0.227 e. The molecule has 1 rings (SSSR count). The average Bonchev–Trinajstić information content (AvgIpc) is 2.29. The Kier molecular flexibility index (Phi) is 5.29. The van der Waals surface area contributed by atoms with Crippen LogP contribution in [0.25, 0.3) is 0 Å². The molecule has 1 aromatic carbocycles. The lowest BCUT2D eigenvalue weighted by molar-refractivity contribution is 0.588. The highest BCUT2D eigenvalue weighted by Gasteiger charge is 2.20.